The first-order chi connectivity index (χ1) is 16.4. The van der Waals surface area contributed by atoms with Gasteiger partial charge in [-0.2, -0.15) is 0 Å². The van der Waals surface area contributed by atoms with Crippen molar-refractivity contribution in [1.29, 1.82) is 0 Å². The summed E-state index contributed by atoms with van der Waals surface area (Å²) in [6, 6.07) is 22.3. The van der Waals surface area contributed by atoms with Gasteiger partial charge in [-0.3, -0.25) is 0 Å². The molecule has 168 valence electrons. The van der Waals surface area contributed by atoms with Crippen LogP contribution in [0.5, 0.6) is 11.5 Å². The number of hydrogen-bond donors (Lipinski definition) is 0. The van der Waals surface area contributed by atoms with Crippen LogP contribution in [0.3, 0.4) is 0 Å². The highest BCUT2D eigenvalue weighted by Gasteiger charge is 2.07. The maximum absolute atomic E-state index is 11.7. The van der Waals surface area contributed by atoms with Crippen molar-refractivity contribution in [1.82, 2.24) is 0 Å². The van der Waals surface area contributed by atoms with Crippen molar-refractivity contribution in [3.05, 3.63) is 109 Å². The zero-order chi connectivity index (χ0) is 24.1. The van der Waals surface area contributed by atoms with E-state index in [4.69, 9.17) is 13.9 Å². The third kappa shape index (κ3) is 5.40. The molecular weight excluding hydrogens is 428 g/mol. The summed E-state index contributed by atoms with van der Waals surface area (Å²) in [5.41, 5.74) is 2.23. The standard InChI is InChI=1S/C29H22O5/c1-4-28(30)33-25-12-8-21(9-13-25)27-16-15-24(32-27)11-6-20-5-7-23-18-26(14-10-22(23)17-20)34-29(31)19(2)3/h4-18H,1-2H2,3H3. The number of furan rings is 1. The highest BCUT2D eigenvalue weighted by Crippen LogP contribution is 2.27. The summed E-state index contributed by atoms with van der Waals surface area (Å²) < 4.78 is 16.3. The van der Waals surface area contributed by atoms with E-state index in [0.29, 0.717) is 28.6 Å². The summed E-state index contributed by atoms with van der Waals surface area (Å²) in [7, 11) is 0. The van der Waals surface area contributed by atoms with E-state index < -0.39 is 11.9 Å². The second kappa shape index (κ2) is 9.88. The summed E-state index contributed by atoms with van der Waals surface area (Å²) >= 11 is 0. The Balaban J connectivity index is 1.46. The van der Waals surface area contributed by atoms with Crippen molar-refractivity contribution < 1.29 is 23.5 Å². The van der Waals surface area contributed by atoms with E-state index in [-0.39, 0.29) is 0 Å². The molecule has 5 nitrogen and oxygen atoms in total. The number of esters is 2. The molecule has 5 heteroatoms. The summed E-state index contributed by atoms with van der Waals surface area (Å²) in [6.45, 7) is 8.59. The Morgan fingerprint density at radius 3 is 2.26 bits per heavy atom. The van der Waals surface area contributed by atoms with Gasteiger partial charge in [0.05, 0.1) is 0 Å². The largest absolute Gasteiger partial charge is 0.457 e. The molecule has 0 N–H and O–H groups in total. The fourth-order valence-electron chi connectivity index (χ4n) is 3.22. The first kappa shape index (κ1) is 22.6. The molecule has 0 saturated carbocycles. The average Bonchev–Trinajstić information content (AvgIpc) is 3.32. The molecule has 4 rings (SSSR count). The number of rotatable bonds is 7. The van der Waals surface area contributed by atoms with Crippen LogP contribution in [0.1, 0.15) is 18.2 Å². The number of carbonyl (C=O) groups excluding carboxylic acids is 2. The van der Waals surface area contributed by atoms with E-state index in [9.17, 15) is 9.59 Å². The van der Waals surface area contributed by atoms with Crippen LogP contribution in [0.2, 0.25) is 0 Å². The van der Waals surface area contributed by atoms with Gasteiger partial charge in [-0.1, -0.05) is 37.4 Å². The highest BCUT2D eigenvalue weighted by atomic mass is 16.5. The Morgan fingerprint density at radius 1 is 0.824 bits per heavy atom. The maximum Gasteiger partial charge on any atom is 0.338 e. The molecule has 34 heavy (non-hydrogen) atoms. The van der Waals surface area contributed by atoms with Crippen LogP contribution < -0.4 is 9.47 Å². The van der Waals surface area contributed by atoms with Crippen molar-refractivity contribution in [2.24, 2.45) is 0 Å². The van der Waals surface area contributed by atoms with Gasteiger partial charge in [0.25, 0.3) is 0 Å². The molecule has 0 amide bonds. The zero-order valence-electron chi connectivity index (χ0n) is 18.6. The minimum absolute atomic E-state index is 0.354. The fourth-order valence-corrected chi connectivity index (χ4v) is 3.22. The molecule has 1 aromatic heterocycles. The highest BCUT2D eigenvalue weighted by molar-refractivity contribution is 5.91. The van der Waals surface area contributed by atoms with E-state index in [0.717, 1.165) is 28.0 Å². The van der Waals surface area contributed by atoms with E-state index >= 15 is 0 Å². The minimum atomic E-state index is -0.501. The molecule has 0 radical (unpaired) electrons. The molecule has 0 spiro atoms. The molecule has 3 aromatic carbocycles. The first-order valence-corrected chi connectivity index (χ1v) is 10.6. The summed E-state index contributed by atoms with van der Waals surface area (Å²) in [5, 5.41) is 1.99. The lowest BCUT2D eigenvalue weighted by molar-refractivity contribution is -0.130. The van der Waals surface area contributed by atoms with Crippen LogP contribution >= 0.6 is 0 Å². The molecule has 0 saturated heterocycles. The third-order valence-corrected chi connectivity index (χ3v) is 4.99. The zero-order valence-corrected chi connectivity index (χ0v) is 18.6. The van der Waals surface area contributed by atoms with Crippen LogP contribution in [-0.2, 0) is 9.59 Å². The Bertz CT molecular complexity index is 1420. The van der Waals surface area contributed by atoms with E-state index in [1.165, 1.54) is 0 Å². The smallest absolute Gasteiger partial charge is 0.338 e. The number of fused-ring (bicyclic) bond motifs is 1. The molecule has 1 heterocycles. The van der Waals surface area contributed by atoms with Gasteiger partial charge in [-0.15, -0.1) is 0 Å². The fraction of sp³-hybridized carbons (Fsp3) is 0.0345. The van der Waals surface area contributed by atoms with Gasteiger partial charge in [0.15, 0.2) is 0 Å². The van der Waals surface area contributed by atoms with Crippen LogP contribution in [0.4, 0.5) is 0 Å². The van der Waals surface area contributed by atoms with Gasteiger partial charge in [0, 0.05) is 17.2 Å². The second-order valence-electron chi connectivity index (χ2n) is 7.62. The first-order valence-electron chi connectivity index (χ1n) is 10.6. The van der Waals surface area contributed by atoms with Gasteiger partial charge in [0.1, 0.15) is 23.0 Å². The molecule has 0 fully saturated rings. The van der Waals surface area contributed by atoms with E-state index in [2.05, 4.69) is 13.2 Å². The molecule has 0 atom stereocenters. The van der Waals surface area contributed by atoms with Gasteiger partial charge >= 0.3 is 11.9 Å². The molecule has 0 bridgehead atoms. The lowest BCUT2D eigenvalue weighted by atomic mass is 10.1. The Kier molecular flexibility index (Phi) is 6.55. The van der Waals surface area contributed by atoms with Crippen molar-refractivity contribution in [3.8, 4) is 22.8 Å². The molecule has 0 aliphatic heterocycles. The van der Waals surface area contributed by atoms with Gasteiger partial charge in [0.2, 0.25) is 0 Å². The number of benzene rings is 3. The van der Waals surface area contributed by atoms with E-state index in [1.807, 2.05) is 66.7 Å². The Labute approximate surface area is 197 Å². The molecule has 0 unspecified atom stereocenters. The van der Waals surface area contributed by atoms with Crippen molar-refractivity contribution in [3.63, 3.8) is 0 Å². The van der Waals surface area contributed by atoms with Crippen LogP contribution in [0.25, 0.3) is 34.2 Å². The molecule has 0 aliphatic carbocycles. The third-order valence-electron chi connectivity index (χ3n) is 4.99. The Morgan fingerprint density at radius 2 is 1.53 bits per heavy atom. The van der Waals surface area contributed by atoms with Gasteiger partial charge in [-0.25, -0.2) is 9.59 Å². The summed E-state index contributed by atoms with van der Waals surface area (Å²) in [6.07, 6.45) is 4.98. The number of ether oxygens (including phenoxy) is 2. The van der Waals surface area contributed by atoms with Gasteiger partial charge < -0.3 is 13.9 Å². The van der Waals surface area contributed by atoms with Crippen molar-refractivity contribution in [2.45, 2.75) is 6.92 Å². The monoisotopic (exact) mass is 450 g/mol. The number of carbonyl (C=O) groups is 2. The molecule has 4 aromatic rings. The van der Waals surface area contributed by atoms with Crippen molar-refractivity contribution in [2.75, 3.05) is 0 Å². The molecular formula is C29H22O5. The van der Waals surface area contributed by atoms with Crippen LogP contribution in [0.15, 0.2) is 102 Å². The van der Waals surface area contributed by atoms with Crippen LogP contribution in [-0.4, -0.2) is 11.9 Å². The minimum Gasteiger partial charge on any atom is -0.457 e. The summed E-state index contributed by atoms with van der Waals surface area (Å²) in [4.78, 5) is 23.0. The van der Waals surface area contributed by atoms with E-state index in [1.54, 1.807) is 25.1 Å². The average molecular weight is 450 g/mol. The lowest BCUT2D eigenvalue weighted by Gasteiger charge is -2.06. The van der Waals surface area contributed by atoms with Gasteiger partial charge in [-0.05, 0) is 83.9 Å². The molecule has 0 aliphatic rings. The normalized spacial score (nSPS) is 10.9. The van der Waals surface area contributed by atoms with Crippen LogP contribution in [0, 0.1) is 0 Å². The predicted octanol–water partition coefficient (Wildman–Crippen LogP) is 6.84. The Hall–Kier alpha value is -4.64. The quantitative estimate of drug-likeness (QED) is 0.175. The van der Waals surface area contributed by atoms with Crippen molar-refractivity contribution >= 4 is 34.9 Å². The lowest BCUT2D eigenvalue weighted by Crippen LogP contribution is -2.07. The SMILES string of the molecule is C=CC(=O)Oc1ccc(-c2ccc(C=Cc3ccc4cc(OC(=O)C(=C)C)ccc4c3)o2)cc1. The number of hydrogen-bond acceptors (Lipinski definition) is 5. The second-order valence-corrected chi connectivity index (χ2v) is 7.62. The predicted molar refractivity (Wildman–Crippen MR) is 133 cm³/mol. The topological polar surface area (TPSA) is 65.7 Å². The maximum atomic E-state index is 11.7. The summed E-state index contributed by atoms with van der Waals surface area (Å²) in [5.74, 6) is 1.40.